The molecule has 2 saturated heterocycles. The topological polar surface area (TPSA) is 351 Å². The molecule has 83 heavy (non-hydrogen) atoms. The number of phenols is 2. The third-order valence-electron chi connectivity index (χ3n) is 13.6. The molecule has 2 aliphatic heterocycles. The number of aliphatic hydroxyl groups excluding tert-OH is 1. The van der Waals surface area contributed by atoms with Gasteiger partial charge in [0.2, 0.25) is 47.3 Å². The summed E-state index contributed by atoms with van der Waals surface area (Å²) in [5, 5.41) is 61.3. The molecule has 0 aromatic heterocycles. The fourth-order valence-electron chi connectivity index (χ4n) is 9.25. The van der Waals surface area contributed by atoms with E-state index in [0.717, 1.165) is 32.7 Å². The quantitative estimate of drug-likeness (QED) is 0.0754. The molecule has 23 nitrogen and oxygen atoms in total. The van der Waals surface area contributed by atoms with E-state index in [9.17, 15) is 68.4 Å². The lowest BCUT2D eigenvalue weighted by molar-refractivity contribution is -0.142. The normalized spacial score (nSPS) is 22.5. The van der Waals surface area contributed by atoms with E-state index in [1.807, 2.05) is 44.2 Å². The predicted octanol–water partition coefficient (Wildman–Crippen LogP) is 1.68. The minimum Gasteiger partial charge on any atom is -0.508 e. The van der Waals surface area contributed by atoms with Crippen molar-refractivity contribution in [1.29, 1.82) is 0 Å². The summed E-state index contributed by atoms with van der Waals surface area (Å²) in [6, 6.07) is 16.9. The van der Waals surface area contributed by atoms with E-state index in [1.165, 1.54) is 60.4 Å². The Kier molecular flexibility index (Phi) is 23.7. The number of carbonyl (C=O) groups excluding carboxylic acids is 9. The van der Waals surface area contributed by atoms with Gasteiger partial charge >= 0.3 is 5.97 Å². The second-order valence-corrected chi connectivity index (χ2v) is 23.4. The van der Waals surface area contributed by atoms with Crippen LogP contribution >= 0.6 is 21.6 Å². The van der Waals surface area contributed by atoms with Crippen LogP contribution in [0, 0.1) is 5.92 Å². The first-order valence-electron chi connectivity index (χ1n) is 27.1. The van der Waals surface area contributed by atoms with Gasteiger partial charge in [0.25, 0.3) is 5.91 Å². The molecule has 2 fully saturated rings. The summed E-state index contributed by atoms with van der Waals surface area (Å²) in [4.78, 5) is 140. The molecule has 0 spiro atoms. The zero-order chi connectivity index (χ0) is 60.3. The van der Waals surface area contributed by atoms with E-state index >= 15 is 0 Å². The molecule has 12 N–H and O–H groups in total. The number of benzene rings is 4. The molecule has 0 saturated carbocycles. The fraction of sp³-hybridized carbons (Fsp3) is 0.414. The highest BCUT2D eigenvalue weighted by atomic mass is 33.1. The van der Waals surface area contributed by atoms with Crippen molar-refractivity contribution in [2.24, 2.45) is 5.92 Å². The standard InChI is InChI=1S/C58H71N9O14S2/c1-32(2)25-45(64-51(74)39-18-16-38(17-19-39)37-9-6-5-7-10-37)58(81)67-24-8-11-47(67)56(79)65-46-31-83-82-30-33(3)60-57(80)50(34(4)68)66-48(71)29-59-52(75)42(26-35-12-20-40(69)21-13-35)61-53(76)43(27-36-14-22-41(70)23-15-36)62-54(77)44(28-49(72)73)63-55(46)78/h5-7,9-10,12-23,32-34,42-47,50,68-70H,8,11,24-31H2,1-4H3,(H,59,75)(H,60,80)(H,61,76)(H,62,77)(H,63,78)(H,64,74)(H,65,79)(H,66,71)(H,72,73)/t33-,34-,42+,43+,44+,45+,46+,47+,50?/m1/s1. The molecular weight excluding hydrogens is 1110 g/mol. The van der Waals surface area contributed by atoms with Crippen LogP contribution in [0.25, 0.3) is 11.1 Å². The molecular formula is C58H71N9O14S2. The van der Waals surface area contributed by atoms with E-state index in [1.54, 1.807) is 31.2 Å². The maximum absolute atomic E-state index is 14.5. The summed E-state index contributed by atoms with van der Waals surface area (Å²) >= 11 is 0. The van der Waals surface area contributed by atoms with Crippen LogP contribution in [0.3, 0.4) is 0 Å². The summed E-state index contributed by atoms with van der Waals surface area (Å²) in [6.45, 7) is 6.09. The molecule has 9 atom stereocenters. The largest absolute Gasteiger partial charge is 0.508 e. The van der Waals surface area contributed by atoms with Crippen molar-refractivity contribution >= 4 is 80.7 Å². The first-order valence-corrected chi connectivity index (χ1v) is 29.6. The smallest absolute Gasteiger partial charge is 0.305 e. The Bertz CT molecular complexity index is 2940. The van der Waals surface area contributed by atoms with Crippen LogP contribution in [0.1, 0.15) is 74.9 Å². The summed E-state index contributed by atoms with van der Waals surface area (Å²) < 4.78 is 0. The maximum Gasteiger partial charge on any atom is 0.305 e. The molecule has 2 heterocycles. The van der Waals surface area contributed by atoms with Crippen molar-refractivity contribution in [1.82, 2.24) is 47.4 Å². The van der Waals surface area contributed by atoms with E-state index in [-0.39, 0.29) is 61.2 Å². The van der Waals surface area contributed by atoms with Crippen molar-refractivity contribution in [3.05, 3.63) is 120 Å². The average Bonchev–Trinajstić information content (AvgIpc) is 4.24. The van der Waals surface area contributed by atoms with Gasteiger partial charge in [0, 0.05) is 42.5 Å². The maximum atomic E-state index is 14.5. The number of amides is 9. The number of phenolic OH excluding ortho intramolecular Hbond substituents is 2. The zero-order valence-electron chi connectivity index (χ0n) is 46.3. The van der Waals surface area contributed by atoms with E-state index < -0.39 is 127 Å². The van der Waals surface area contributed by atoms with Gasteiger partial charge in [-0.1, -0.05) is 102 Å². The highest BCUT2D eigenvalue weighted by Gasteiger charge is 2.40. The average molecular weight is 1180 g/mol. The molecule has 25 heteroatoms. The molecule has 4 aromatic rings. The highest BCUT2D eigenvalue weighted by Crippen LogP contribution is 2.26. The lowest BCUT2D eigenvalue weighted by Gasteiger charge is -2.31. The van der Waals surface area contributed by atoms with Crippen LogP contribution in [0.5, 0.6) is 11.5 Å². The number of rotatable bonds is 15. The number of nitrogens with one attached hydrogen (secondary N) is 8. The van der Waals surface area contributed by atoms with Gasteiger partial charge in [0.15, 0.2) is 0 Å². The van der Waals surface area contributed by atoms with Crippen LogP contribution < -0.4 is 42.5 Å². The number of aliphatic carboxylic acids is 1. The third kappa shape index (κ3) is 19.5. The SMILES string of the molecule is CC(C)C[C@H](NC(=O)c1ccc(-c2ccccc2)cc1)C(=O)N1CCC[C@H]1C(=O)N[C@H]1CSSC[C@@H](C)NC(=O)C([C@@H](C)O)NC(=O)CNC(=O)[C@H](Cc2ccc(O)cc2)NC(=O)[C@H](Cc2ccc(O)cc2)NC(=O)[C@H](CC(=O)O)NC1=O. The zero-order valence-corrected chi connectivity index (χ0v) is 47.9. The minimum absolute atomic E-state index is 0.0717. The molecule has 4 aromatic carbocycles. The van der Waals surface area contributed by atoms with Crippen molar-refractivity contribution < 1.29 is 68.4 Å². The number of nitrogens with zero attached hydrogens (tertiary/aromatic N) is 1. The monoisotopic (exact) mass is 1180 g/mol. The Morgan fingerprint density at radius 3 is 1.80 bits per heavy atom. The summed E-state index contributed by atoms with van der Waals surface area (Å²) in [7, 11) is 2.22. The van der Waals surface area contributed by atoms with E-state index in [4.69, 9.17) is 0 Å². The molecule has 2 aliphatic rings. The van der Waals surface area contributed by atoms with Gasteiger partial charge in [-0.05, 0) is 97.7 Å². The minimum atomic E-state index is -1.89. The number of carbonyl (C=O) groups is 10. The van der Waals surface area contributed by atoms with Gasteiger partial charge in [0.05, 0.1) is 19.1 Å². The summed E-state index contributed by atoms with van der Waals surface area (Å²) in [5.74, 6) is -9.41. The van der Waals surface area contributed by atoms with Gasteiger partial charge < -0.3 is 67.9 Å². The molecule has 0 aliphatic carbocycles. The van der Waals surface area contributed by atoms with Gasteiger partial charge in [-0.15, -0.1) is 0 Å². The van der Waals surface area contributed by atoms with Gasteiger partial charge in [0.1, 0.15) is 53.8 Å². The van der Waals surface area contributed by atoms with Crippen molar-refractivity contribution in [2.75, 3.05) is 24.6 Å². The number of aliphatic hydroxyl groups is 1. The van der Waals surface area contributed by atoms with Crippen molar-refractivity contribution in [3.63, 3.8) is 0 Å². The van der Waals surface area contributed by atoms with Crippen LogP contribution in [-0.4, -0.2) is 163 Å². The third-order valence-corrected chi connectivity index (χ3v) is 16.2. The second-order valence-electron chi connectivity index (χ2n) is 20.9. The first-order chi connectivity index (χ1) is 39.5. The first kappa shape index (κ1) is 64.0. The number of hydrogen-bond donors (Lipinski definition) is 12. The van der Waals surface area contributed by atoms with E-state index in [2.05, 4.69) is 42.5 Å². The van der Waals surface area contributed by atoms with Gasteiger partial charge in [-0.3, -0.25) is 47.9 Å². The fourth-order valence-corrected chi connectivity index (χ4v) is 11.7. The van der Waals surface area contributed by atoms with Gasteiger partial charge in [-0.25, -0.2) is 0 Å². The summed E-state index contributed by atoms with van der Waals surface area (Å²) in [5.41, 5.74) is 2.96. The van der Waals surface area contributed by atoms with Crippen molar-refractivity contribution in [3.8, 4) is 22.6 Å². The Labute approximate surface area is 488 Å². The lowest BCUT2D eigenvalue weighted by Crippen LogP contribution is -2.60. The second kappa shape index (κ2) is 30.8. The number of carboxylic acids is 1. The lowest BCUT2D eigenvalue weighted by atomic mass is 10.0. The number of likely N-dealkylation sites (tertiary alicyclic amines) is 1. The van der Waals surface area contributed by atoms with Crippen LogP contribution in [0.15, 0.2) is 103 Å². The van der Waals surface area contributed by atoms with Crippen molar-refractivity contribution in [2.45, 2.75) is 121 Å². The molecule has 9 amide bonds. The highest BCUT2D eigenvalue weighted by molar-refractivity contribution is 8.76. The Morgan fingerprint density at radius 1 is 0.663 bits per heavy atom. The molecule has 1 unspecified atom stereocenters. The molecule has 444 valence electrons. The number of carboxylic acid groups (broad SMARTS) is 1. The van der Waals surface area contributed by atoms with Gasteiger partial charge in [-0.2, -0.15) is 0 Å². The Balaban J connectivity index is 1.28. The van der Waals surface area contributed by atoms with Crippen LogP contribution in [0.4, 0.5) is 0 Å². The van der Waals surface area contributed by atoms with Crippen LogP contribution in [0.2, 0.25) is 0 Å². The molecule has 0 radical (unpaired) electrons. The Hall–Kier alpha value is -8.16. The van der Waals surface area contributed by atoms with Crippen LogP contribution in [-0.2, 0) is 56.0 Å². The number of aromatic hydroxyl groups is 2. The molecule has 0 bridgehead atoms. The predicted molar refractivity (Wildman–Crippen MR) is 310 cm³/mol. The summed E-state index contributed by atoms with van der Waals surface area (Å²) in [6.07, 6.45) is -2.18. The molecule has 6 rings (SSSR count). The van der Waals surface area contributed by atoms with E-state index in [0.29, 0.717) is 23.1 Å². The number of hydrogen-bond acceptors (Lipinski definition) is 15. The Morgan fingerprint density at radius 2 is 1.22 bits per heavy atom.